The first-order chi connectivity index (χ1) is 13.2. The van der Waals surface area contributed by atoms with Crippen molar-refractivity contribution in [1.82, 2.24) is 19.1 Å². The van der Waals surface area contributed by atoms with Crippen LogP contribution in [0.25, 0.3) is 21.7 Å². The summed E-state index contributed by atoms with van der Waals surface area (Å²) in [4.78, 5) is 34.2. The van der Waals surface area contributed by atoms with Gasteiger partial charge in [-0.1, -0.05) is 6.07 Å². The Bertz CT molecular complexity index is 1230. The Kier molecular flexibility index (Phi) is 4.52. The molecule has 4 aromatic rings. The summed E-state index contributed by atoms with van der Waals surface area (Å²) in [5.41, 5.74) is 1.07. The lowest BCUT2D eigenvalue weighted by atomic mass is 10.1. The number of rotatable bonds is 5. The van der Waals surface area contributed by atoms with E-state index in [1.165, 1.54) is 10.8 Å². The fraction of sp³-hybridized carbons (Fsp3) is 0.200. The Morgan fingerprint density at radius 1 is 0.963 bits per heavy atom. The molecule has 0 saturated heterocycles. The van der Waals surface area contributed by atoms with Gasteiger partial charge in [0.1, 0.15) is 0 Å². The maximum Gasteiger partial charge on any atom is 0.260 e. The van der Waals surface area contributed by atoms with Crippen molar-refractivity contribution < 1.29 is 5.11 Å². The van der Waals surface area contributed by atoms with Crippen molar-refractivity contribution in [3.05, 3.63) is 81.5 Å². The van der Waals surface area contributed by atoms with Gasteiger partial charge in [0.2, 0.25) is 0 Å². The molecule has 4 rings (SSSR count). The second-order valence-electron chi connectivity index (χ2n) is 6.35. The lowest BCUT2D eigenvalue weighted by molar-refractivity contribution is 0.279. The molecule has 0 amide bonds. The van der Waals surface area contributed by atoms with Crippen molar-refractivity contribution in [3.63, 3.8) is 0 Å². The standard InChI is InChI=1S/C20H18N4O3/c25-10-2-7-23-8-4-15-16(19(23)26)12-22-17-5-9-24(20(27)18(15)17)13-14-3-1-6-21-11-14/h1,3-6,8-9,11-12,25H,2,7,10,13H2. The zero-order valence-electron chi connectivity index (χ0n) is 14.6. The van der Waals surface area contributed by atoms with E-state index in [1.54, 1.807) is 41.5 Å². The molecular weight excluding hydrogens is 344 g/mol. The summed E-state index contributed by atoms with van der Waals surface area (Å²) in [7, 11) is 0. The van der Waals surface area contributed by atoms with Gasteiger partial charge in [-0.2, -0.15) is 0 Å². The first kappa shape index (κ1) is 17.1. The number of aliphatic hydroxyl groups excluding tert-OH is 1. The molecule has 136 valence electrons. The van der Waals surface area contributed by atoms with Gasteiger partial charge in [0.15, 0.2) is 0 Å². The monoisotopic (exact) mass is 362 g/mol. The molecule has 7 nitrogen and oxygen atoms in total. The summed E-state index contributed by atoms with van der Waals surface area (Å²) in [5, 5.41) is 10.4. The number of aliphatic hydroxyl groups is 1. The van der Waals surface area contributed by atoms with Gasteiger partial charge in [-0.25, -0.2) is 0 Å². The number of aromatic nitrogens is 4. The van der Waals surface area contributed by atoms with Gasteiger partial charge in [0.25, 0.3) is 11.1 Å². The third kappa shape index (κ3) is 3.13. The van der Waals surface area contributed by atoms with E-state index in [4.69, 9.17) is 5.11 Å². The van der Waals surface area contributed by atoms with E-state index in [1.807, 2.05) is 12.1 Å². The molecule has 0 saturated carbocycles. The molecule has 0 aliphatic rings. The van der Waals surface area contributed by atoms with Crippen LogP contribution in [0.2, 0.25) is 0 Å². The minimum atomic E-state index is -0.211. The van der Waals surface area contributed by atoms with Gasteiger partial charge in [0.05, 0.1) is 22.8 Å². The molecule has 0 spiro atoms. The van der Waals surface area contributed by atoms with Crippen LogP contribution in [0.3, 0.4) is 0 Å². The average Bonchev–Trinajstić information content (AvgIpc) is 2.70. The highest BCUT2D eigenvalue weighted by Crippen LogP contribution is 2.18. The van der Waals surface area contributed by atoms with Crippen LogP contribution in [0.1, 0.15) is 12.0 Å². The number of nitrogens with zero attached hydrogens (tertiary/aromatic N) is 4. The zero-order chi connectivity index (χ0) is 18.8. The molecular formula is C20H18N4O3. The highest BCUT2D eigenvalue weighted by atomic mass is 16.3. The van der Waals surface area contributed by atoms with E-state index in [9.17, 15) is 9.59 Å². The summed E-state index contributed by atoms with van der Waals surface area (Å²) < 4.78 is 3.13. The van der Waals surface area contributed by atoms with Crippen molar-refractivity contribution in [1.29, 1.82) is 0 Å². The summed E-state index contributed by atoms with van der Waals surface area (Å²) in [6, 6.07) is 7.29. The second kappa shape index (κ2) is 7.13. The van der Waals surface area contributed by atoms with E-state index in [0.717, 1.165) is 5.56 Å². The summed E-state index contributed by atoms with van der Waals surface area (Å²) in [6.07, 6.45) is 8.78. The van der Waals surface area contributed by atoms with Crippen LogP contribution in [0.15, 0.2) is 64.8 Å². The van der Waals surface area contributed by atoms with E-state index in [-0.39, 0.29) is 17.7 Å². The lowest BCUT2D eigenvalue weighted by Gasteiger charge is -2.10. The number of hydrogen-bond acceptors (Lipinski definition) is 5. The predicted octanol–water partition coefficient (Wildman–Crippen LogP) is 1.54. The van der Waals surface area contributed by atoms with Crippen LogP contribution < -0.4 is 11.1 Å². The molecule has 0 aromatic carbocycles. The Hall–Kier alpha value is -3.32. The van der Waals surface area contributed by atoms with Crippen molar-refractivity contribution in [3.8, 4) is 0 Å². The van der Waals surface area contributed by atoms with Crippen LogP contribution in [0, 0.1) is 0 Å². The first-order valence-corrected chi connectivity index (χ1v) is 8.70. The van der Waals surface area contributed by atoms with Crippen LogP contribution in [0.4, 0.5) is 0 Å². The smallest absolute Gasteiger partial charge is 0.260 e. The molecule has 0 atom stereocenters. The highest BCUT2D eigenvalue weighted by Gasteiger charge is 2.12. The van der Waals surface area contributed by atoms with Crippen LogP contribution in [0.5, 0.6) is 0 Å². The molecule has 7 heteroatoms. The van der Waals surface area contributed by atoms with Gasteiger partial charge in [0, 0.05) is 49.5 Å². The summed E-state index contributed by atoms with van der Waals surface area (Å²) >= 11 is 0. The summed E-state index contributed by atoms with van der Waals surface area (Å²) in [5.74, 6) is 0. The van der Waals surface area contributed by atoms with Crippen LogP contribution >= 0.6 is 0 Å². The van der Waals surface area contributed by atoms with Crippen LogP contribution in [-0.4, -0.2) is 30.8 Å². The average molecular weight is 362 g/mol. The van der Waals surface area contributed by atoms with Gasteiger partial charge >= 0.3 is 0 Å². The van der Waals surface area contributed by atoms with Gasteiger partial charge < -0.3 is 14.2 Å². The van der Waals surface area contributed by atoms with E-state index in [2.05, 4.69) is 9.97 Å². The lowest BCUT2D eigenvalue weighted by Crippen LogP contribution is -2.23. The molecule has 4 heterocycles. The number of hydrogen-bond donors (Lipinski definition) is 1. The Balaban J connectivity index is 1.90. The number of aryl methyl sites for hydroxylation is 1. The Morgan fingerprint density at radius 3 is 2.59 bits per heavy atom. The minimum absolute atomic E-state index is 0.0134. The molecule has 1 N–H and O–H groups in total. The highest BCUT2D eigenvalue weighted by molar-refractivity contribution is 6.04. The van der Waals surface area contributed by atoms with E-state index < -0.39 is 0 Å². The van der Waals surface area contributed by atoms with Gasteiger partial charge in [-0.15, -0.1) is 0 Å². The van der Waals surface area contributed by atoms with Crippen molar-refractivity contribution in [2.45, 2.75) is 19.5 Å². The van der Waals surface area contributed by atoms with Gasteiger partial charge in [-0.05, 0) is 30.2 Å². The summed E-state index contributed by atoms with van der Waals surface area (Å²) in [6.45, 7) is 0.829. The van der Waals surface area contributed by atoms with Crippen molar-refractivity contribution >= 4 is 21.7 Å². The fourth-order valence-electron chi connectivity index (χ4n) is 3.22. The molecule has 0 fully saturated rings. The largest absolute Gasteiger partial charge is 0.396 e. The maximum absolute atomic E-state index is 13.1. The normalized spacial score (nSPS) is 11.3. The third-order valence-corrected chi connectivity index (χ3v) is 4.58. The molecule has 0 unspecified atom stereocenters. The second-order valence-corrected chi connectivity index (χ2v) is 6.35. The number of fused-ring (bicyclic) bond motifs is 3. The third-order valence-electron chi connectivity index (χ3n) is 4.58. The Morgan fingerprint density at radius 2 is 1.81 bits per heavy atom. The first-order valence-electron chi connectivity index (χ1n) is 8.70. The van der Waals surface area contributed by atoms with Gasteiger partial charge in [-0.3, -0.25) is 19.6 Å². The number of pyridine rings is 4. The van der Waals surface area contributed by atoms with Crippen molar-refractivity contribution in [2.24, 2.45) is 0 Å². The van der Waals surface area contributed by atoms with Crippen LogP contribution in [-0.2, 0) is 13.1 Å². The molecule has 0 radical (unpaired) electrons. The SMILES string of the molecule is O=c1c2cnc3ccn(Cc4cccnc4)c(=O)c3c2ccn1CCCO. The topological polar surface area (TPSA) is 90.0 Å². The minimum Gasteiger partial charge on any atom is -0.396 e. The zero-order valence-corrected chi connectivity index (χ0v) is 14.6. The molecule has 0 aliphatic carbocycles. The molecule has 0 aliphatic heterocycles. The molecule has 4 aromatic heterocycles. The molecule has 0 bridgehead atoms. The van der Waals surface area contributed by atoms with E-state index >= 15 is 0 Å². The maximum atomic E-state index is 13.1. The predicted molar refractivity (Wildman–Crippen MR) is 103 cm³/mol. The molecule has 27 heavy (non-hydrogen) atoms. The van der Waals surface area contributed by atoms with E-state index in [0.29, 0.717) is 41.2 Å². The fourth-order valence-corrected chi connectivity index (χ4v) is 3.22. The quantitative estimate of drug-likeness (QED) is 0.544. The Labute approximate surface area is 154 Å². The van der Waals surface area contributed by atoms with Crippen molar-refractivity contribution in [2.75, 3.05) is 6.61 Å².